The molecule has 7 aromatic heterocycles. The Balaban J connectivity index is 0.000000704. The Labute approximate surface area is 751 Å². The summed E-state index contributed by atoms with van der Waals surface area (Å²) in [4.78, 5) is 117. The Hall–Kier alpha value is -9.93. The molecule has 0 aliphatic carbocycles. The van der Waals surface area contributed by atoms with Gasteiger partial charge >= 0.3 is 88.9 Å². The maximum absolute atomic E-state index is 11.4. The number of hydrogen-bond donors (Lipinski definition) is 5. The quantitative estimate of drug-likeness (QED) is 0.0188. The normalized spacial score (nSPS) is 15.8. The first-order chi connectivity index (χ1) is 57.7. The van der Waals surface area contributed by atoms with E-state index < -0.39 is 60.8 Å². The standard InChI is InChI=1S/C11H13NO3.C10H11NO3.C9H17BO2.C9H8ClNO2.C9H10N2O2.C9H9NO3.C9H9NO2.C8H8ClNO3.CH5BN.CH4BN.CHF3O3S.CH4.Cl3OP/c1-7(2)10-8(11(13)15-4)5-6-9(12-10)14-3;1-10(2)8-6(9(12)14-10)4-5-7(11-8)13-3;1-7(2)10-11-8(3,4)9(5,6)12-10;2*1-9(2)7-5(8(12)13-9)3-4-6(10)11-7;1-9(2)7-5(8(12)13-9)3-4-6(11)10-7;1-9(2)7-6(8(11)12-9)4-3-5-10-7;1-12-6-4-3-5(7(9)10-6)8(11)13-2;2*1-2-3;2-1(3,4)8(5,6)7;;1-5(2,3)4/h5-6H,1H2,2-4H3;4-5H,1-3H3;1H2,2-6H3;3-4H,1-2H3;3-4H,1-2H3,(H2,10,11);3-4H,1-2H3,(H,10,11);3-5H,1-2H3;3-4H,1-2H3;3H2,1H3;3H,1H3;(H,5,6,7);1H4;/i;;;;;;5D;;1D;;;;. The van der Waals surface area contributed by atoms with E-state index in [0.717, 1.165) is 5.47 Å². The third kappa shape index (κ3) is 33.1. The second-order valence-electron chi connectivity index (χ2n) is 28.8. The Kier molecular flexibility index (Phi) is 41.1. The average molecular weight is 1890 g/mol. The van der Waals surface area contributed by atoms with E-state index in [1.165, 1.54) is 73.3 Å². The number of alkyl halides is 3. The fourth-order valence-electron chi connectivity index (χ4n) is 10.1. The molecular weight excluding hydrogens is 1790 g/mol. The number of nitrogens with one attached hydrogen (secondary N) is 2. The molecular formula is C78H99B3Cl5F3N10O24PS. The number of cyclic esters (lactones) is 5. The van der Waals surface area contributed by atoms with Gasteiger partial charge in [-0.3, -0.25) is 18.9 Å². The van der Waals surface area contributed by atoms with Crippen LogP contribution in [0, 0.1) is 5.31 Å². The van der Waals surface area contributed by atoms with Crippen molar-refractivity contribution >= 4 is 147 Å². The van der Waals surface area contributed by atoms with Crippen molar-refractivity contribution in [1.82, 2.24) is 34.9 Å². The third-order valence-electron chi connectivity index (χ3n) is 16.5. The summed E-state index contributed by atoms with van der Waals surface area (Å²) in [7, 11) is 3.60. The van der Waals surface area contributed by atoms with Crippen LogP contribution in [0.25, 0.3) is 5.57 Å². The molecule has 125 heavy (non-hydrogen) atoms. The summed E-state index contributed by atoms with van der Waals surface area (Å²) >= 11 is 25.3. The molecule has 0 spiro atoms. The summed E-state index contributed by atoms with van der Waals surface area (Å²) < 4.78 is 142. The number of halogens is 8. The van der Waals surface area contributed by atoms with Crippen LogP contribution in [0.2, 0.25) is 23.9 Å². The fraction of sp³-hybridized carbons (Fsp3) is 0.410. The van der Waals surface area contributed by atoms with Gasteiger partial charge in [0, 0.05) is 31.8 Å². The Morgan fingerprint density at radius 2 is 0.936 bits per heavy atom. The molecule has 0 atom stereocenters. The predicted octanol–water partition coefficient (Wildman–Crippen LogP) is 16.6. The predicted molar refractivity (Wildman–Crippen MR) is 467 cm³/mol. The largest absolute Gasteiger partial charge is 0.522 e. The van der Waals surface area contributed by atoms with Crippen molar-refractivity contribution in [1.29, 1.82) is 5.31 Å². The summed E-state index contributed by atoms with van der Waals surface area (Å²) in [6.45, 7) is 39.1. The van der Waals surface area contributed by atoms with Gasteiger partial charge < -0.3 is 73.0 Å². The molecule has 7 aromatic rings. The van der Waals surface area contributed by atoms with Crippen molar-refractivity contribution in [3.8, 4) is 17.6 Å². The molecule has 0 saturated carbocycles. The van der Waals surface area contributed by atoms with Gasteiger partial charge in [-0.05, 0) is 211 Å². The van der Waals surface area contributed by atoms with Gasteiger partial charge in [-0.25, -0.2) is 58.5 Å². The second-order valence-corrected chi connectivity index (χ2v) is 37.6. The molecule has 0 amide bonds. The minimum absolute atomic E-state index is 0. The number of methoxy groups -OCH3 is 5. The molecule has 13 rings (SSSR count). The molecule has 1 fully saturated rings. The van der Waals surface area contributed by atoms with Gasteiger partial charge in [0.2, 0.25) is 23.2 Å². The minimum atomic E-state index is -5.84. The number of H-pyrrole nitrogens is 1. The number of carbonyl (C=O) groups excluding carboxylic acids is 7. The average Bonchev–Trinajstić information content (AvgIpc) is 1.66. The molecule has 47 heteroatoms. The van der Waals surface area contributed by atoms with Gasteiger partial charge in [0.15, 0.2) is 7.41 Å². The second kappa shape index (κ2) is 47.0. The Bertz CT molecular complexity index is 5190. The first-order valence-corrected chi connectivity index (χ1v) is 42.3. The van der Waals surface area contributed by atoms with Crippen molar-refractivity contribution in [2.24, 2.45) is 5.64 Å². The molecule has 13 heterocycles. The van der Waals surface area contributed by atoms with Gasteiger partial charge in [0.25, 0.3) is 0 Å². The smallest absolute Gasteiger partial charge is 0.481 e. The van der Waals surface area contributed by atoms with Crippen LogP contribution in [-0.2, 0) is 85.2 Å². The van der Waals surface area contributed by atoms with Crippen LogP contribution >= 0.6 is 62.1 Å². The molecule has 0 aromatic carbocycles. The third-order valence-corrected chi connectivity index (χ3v) is 17.6. The van der Waals surface area contributed by atoms with Crippen molar-refractivity contribution in [2.75, 3.05) is 41.3 Å². The number of nitrogens with two attached hydrogens (primary N) is 2. The van der Waals surface area contributed by atoms with Crippen molar-refractivity contribution in [2.45, 2.75) is 177 Å². The Morgan fingerprint density at radius 1 is 0.592 bits per heavy atom. The van der Waals surface area contributed by atoms with Crippen molar-refractivity contribution in [3.63, 3.8) is 0 Å². The first kappa shape index (κ1) is 109. The van der Waals surface area contributed by atoms with E-state index >= 15 is 0 Å². The number of ether oxygens (including phenoxy) is 10. The zero-order chi connectivity index (χ0) is 97.4. The maximum Gasteiger partial charge on any atom is 0.522 e. The van der Waals surface area contributed by atoms with Crippen LogP contribution in [0.4, 0.5) is 19.0 Å². The first-order valence-electron chi connectivity index (χ1n) is 36.9. The molecule has 0 bridgehead atoms. The van der Waals surface area contributed by atoms with Crippen LogP contribution in [-0.4, -0.2) is 164 Å². The van der Waals surface area contributed by atoms with Gasteiger partial charge in [-0.1, -0.05) is 49.5 Å². The summed E-state index contributed by atoms with van der Waals surface area (Å²) in [5.74, 6) is -0.942. The van der Waals surface area contributed by atoms with E-state index in [0.29, 0.717) is 102 Å². The number of nitrogens with zero attached hydrogens (tertiary/aromatic N) is 6. The van der Waals surface area contributed by atoms with E-state index in [1.54, 1.807) is 131 Å². The summed E-state index contributed by atoms with van der Waals surface area (Å²) in [6.07, 6.45) is 0.158. The number of esters is 7. The van der Waals surface area contributed by atoms with Crippen molar-refractivity contribution in [3.05, 3.63) is 204 Å². The molecule has 34 nitrogen and oxygen atoms in total. The van der Waals surface area contributed by atoms with Crippen LogP contribution in [0.1, 0.15) is 228 Å². The summed E-state index contributed by atoms with van der Waals surface area (Å²) in [5.41, 5.74) is 8.84. The monoisotopic (exact) mass is 1890 g/mol. The van der Waals surface area contributed by atoms with Gasteiger partial charge in [0.05, 0.1) is 110 Å². The number of fused-ring (bicyclic) bond motifs is 5. The Morgan fingerprint density at radius 3 is 1.33 bits per heavy atom. The molecule has 7 N–H and O–H groups in total. The summed E-state index contributed by atoms with van der Waals surface area (Å²) in [6, 6.07) is 22.0. The number of hydrogen-bond acceptors (Lipinski definition) is 32. The SMILES string of the molecule is C.C=C(C)B1OC(C)(C)C(C)(C)O1.C=C(C)c1nc(OC)ccc1C(=O)OC.CB=N.CC1(C)OC(=O)c2ccc(=O)[nH]c21.CC1(C)OC(=O)c2ccc(Cl)nc21.CC1(C)OC(=O)c2ccc(N)nc21.COC(=O)c1ccc(OC)nc1Cl.COc1ccc2c(n1)C(C)(C)OC2=O.O=P(Cl)(Cl)Cl.O=S(=O)(O)C(F)(F)F.[2H]C[B]N.[2H]c1ccc2c(n1)C(C)(C)OC2=O. The van der Waals surface area contributed by atoms with Gasteiger partial charge in [-0.15, -0.1) is 6.58 Å². The van der Waals surface area contributed by atoms with E-state index in [1.807, 2.05) is 48.5 Å². The van der Waals surface area contributed by atoms with Crippen LogP contribution in [0.5, 0.6) is 17.6 Å². The number of pyridine rings is 7. The van der Waals surface area contributed by atoms with E-state index in [-0.39, 0.29) is 84.8 Å². The molecule has 681 valence electrons. The zero-order valence-corrected chi connectivity index (χ0v) is 77.0. The molecule has 6 aliphatic heterocycles. The van der Waals surface area contributed by atoms with Gasteiger partial charge in [0.1, 0.15) is 55.5 Å². The summed E-state index contributed by atoms with van der Waals surface area (Å²) in [5, 5.41) is 3.32. The van der Waals surface area contributed by atoms with E-state index in [9.17, 15) is 56.1 Å². The topological polar surface area (TPSA) is 488 Å². The minimum Gasteiger partial charge on any atom is -0.481 e. The number of allylic oxidation sites excluding steroid dienone is 2. The number of nitrogen functional groups attached to an aromatic ring is 1. The molecule has 6 aliphatic rings. The molecule has 0 unspecified atom stereocenters. The van der Waals surface area contributed by atoms with Crippen molar-refractivity contribution < 1.29 is 124 Å². The number of anilines is 1. The van der Waals surface area contributed by atoms with E-state index in [2.05, 4.69) is 91.2 Å². The number of rotatable bonds is 7. The molecule has 1 radical (unpaired) electrons. The van der Waals surface area contributed by atoms with Crippen LogP contribution in [0.3, 0.4) is 0 Å². The number of carbonyl (C=O) groups is 7. The zero-order valence-electron chi connectivity index (χ0n) is 73.5. The van der Waals surface area contributed by atoms with Crippen LogP contribution in [0.15, 0.2) is 115 Å². The molecule has 1 saturated heterocycles. The fourth-order valence-corrected chi connectivity index (χ4v) is 10.5. The van der Waals surface area contributed by atoms with Crippen LogP contribution < -0.4 is 31.1 Å². The number of aromatic amines is 1. The number of aromatic nitrogens is 7. The maximum atomic E-state index is 11.4. The van der Waals surface area contributed by atoms with E-state index in [4.69, 9.17) is 103 Å². The van der Waals surface area contributed by atoms with Gasteiger partial charge in [-0.2, -0.15) is 21.6 Å².